The van der Waals surface area contributed by atoms with Gasteiger partial charge in [-0.3, -0.25) is 4.79 Å². The Hall–Kier alpha value is -1.32. The molecular formula is C8H13N3O. The Morgan fingerprint density at radius 3 is 2.58 bits per heavy atom. The van der Waals surface area contributed by atoms with Crippen LogP contribution in [0.4, 0.5) is 5.82 Å². The summed E-state index contributed by atoms with van der Waals surface area (Å²) in [6.45, 7) is 5.45. The van der Waals surface area contributed by atoms with E-state index < -0.39 is 0 Å². The zero-order valence-corrected chi connectivity index (χ0v) is 7.53. The SMILES string of the molecule is CC(=O)c1nc(N)cn1C(C)C. The third-order valence-corrected chi connectivity index (χ3v) is 1.62. The fraction of sp³-hybridized carbons (Fsp3) is 0.500. The van der Waals surface area contributed by atoms with Crippen LogP contribution in [-0.2, 0) is 0 Å². The van der Waals surface area contributed by atoms with Crippen molar-refractivity contribution >= 4 is 11.6 Å². The molecule has 0 fully saturated rings. The maximum atomic E-state index is 11.0. The van der Waals surface area contributed by atoms with E-state index in [0.29, 0.717) is 11.6 Å². The Kier molecular flexibility index (Phi) is 2.17. The second-order valence-electron chi connectivity index (χ2n) is 3.05. The molecule has 12 heavy (non-hydrogen) atoms. The monoisotopic (exact) mass is 167 g/mol. The predicted molar refractivity (Wildman–Crippen MR) is 47.0 cm³/mol. The minimum atomic E-state index is -0.0552. The van der Waals surface area contributed by atoms with E-state index in [1.54, 1.807) is 10.8 Å². The molecule has 1 aromatic rings. The molecule has 0 atom stereocenters. The minimum absolute atomic E-state index is 0.0552. The maximum absolute atomic E-state index is 11.0. The van der Waals surface area contributed by atoms with Crippen LogP contribution < -0.4 is 5.73 Å². The van der Waals surface area contributed by atoms with Gasteiger partial charge in [0, 0.05) is 19.2 Å². The molecule has 0 amide bonds. The molecule has 0 spiro atoms. The molecule has 66 valence electrons. The largest absolute Gasteiger partial charge is 0.382 e. The number of Topliss-reactive ketones (excluding diaryl/α,β-unsaturated/α-hetero) is 1. The van der Waals surface area contributed by atoms with Crippen molar-refractivity contribution in [3.05, 3.63) is 12.0 Å². The van der Waals surface area contributed by atoms with Crippen molar-refractivity contribution in [2.75, 3.05) is 5.73 Å². The van der Waals surface area contributed by atoms with Crippen LogP contribution in [0, 0.1) is 0 Å². The number of rotatable bonds is 2. The first kappa shape index (κ1) is 8.77. The van der Waals surface area contributed by atoms with Gasteiger partial charge in [0.2, 0.25) is 0 Å². The lowest BCUT2D eigenvalue weighted by molar-refractivity contribution is 0.0998. The van der Waals surface area contributed by atoms with E-state index in [2.05, 4.69) is 4.98 Å². The van der Waals surface area contributed by atoms with Crippen LogP contribution in [0.5, 0.6) is 0 Å². The summed E-state index contributed by atoms with van der Waals surface area (Å²) in [5.74, 6) is 0.775. The van der Waals surface area contributed by atoms with Crippen molar-refractivity contribution in [2.45, 2.75) is 26.8 Å². The molecule has 1 aromatic heterocycles. The molecule has 0 unspecified atom stereocenters. The Labute approximate surface area is 71.4 Å². The molecule has 0 aromatic carbocycles. The zero-order valence-electron chi connectivity index (χ0n) is 7.53. The number of ketones is 1. The molecule has 0 aliphatic carbocycles. The molecule has 4 heteroatoms. The highest BCUT2D eigenvalue weighted by Crippen LogP contribution is 2.12. The number of nitrogens with zero attached hydrogens (tertiary/aromatic N) is 2. The molecule has 1 heterocycles. The molecule has 2 N–H and O–H groups in total. The molecule has 0 radical (unpaired) electrons. The van der Waals surface area contributed by atoms with E-state index in [1.807, 2.05) is 13.8 Å². The molecule has 0 saturated heterocycles. The molecule has 0 bridgehead atoms. The average molecular weight is 167 g/mol. The van der Waals surface area contributed by atoms with Gasteiger partial charge >= 0.3 is 0 Å². The van der Waals surface area contributed by atoms with Gasteiger partial charge < -0.3 is 10.3 Å². The molecular weight excluding hydrogens is 154 g/mol. The number of nitrogen functional groups attached to an aromatic ring is 1. The van der Waals surface area contributed by atoms with Gasteiger partial charge in [-0.2, -0.15) is 0 Å². The number of carbonyl (C=O) groups is 1. The quantitative estimate of drug-likeness (QED) is 0.674. The lowest BCUT2D eigenvalue weighted by atomic mass is 10.3. The molecule has 0 saturated carbocycles. The third kappa shape index (κ3) is 1.47. The van der Waals surface area contributed by atoms with Crippen molar-refractivity contribution < 1.29 is 4.79 Å². The summed E-state index contributed by atoms with van der Waals surface area (Å²) in [6, 6.07) is 0.216. The average Bonchev–Trinajstić information content (AvgIpc) is 2.31. The van der Waals surface area contributed by atoms with Gasteiger partial charge in [0.05, 0.1) is 0 Å². The van der Waals surface area contributed by atoms with E-state index in [1.165, 1.54) is 6.92 Å². The Morgan fingerprint density at radius 1 is 1.67 bits per heavy atom. The van der Waals surface area contributed by atoms with E-state index >= 15 is 0 Å². The fourth-order valence-corrected chi connectivity index (χ4v) is 1.07. The third-order valence-electron chi connectivity index (χ3n) is 1.62. The van der Waals surface area contributed by atoms with Crippen LogP contribution in [0.3, 0.4) is 0 Å². The van der Waals surface area contributed by atoms with Crippen LogP contribution in [0.1, 0.15) is 37.4 Å². The van der Waals surface area contributed by atoms with Crippen molar-refractivity contribution in [3.8, 4) is 0 Å². The van der Waals surface area contributed by atoms with Gasteiger partial charge in [-0.1, -0.05) is 0 Å². The van der Waals surface area contributed by atoms with Crippen LogP contribution in [-0.4, -0.2) is 15.3 Å². The van der Waals surface area contributed by atoms with Gasteiger partial charge in [-0.25, -0.2) is 4.98 Å². The van der Waals surface area contributed by atoms with Crippen LogP contribution in [0.25, 0.3) is 0 Å². The number of carbonyl (C=O) groups excluding carboxylic acids is 1. The lowest BCUT2D eigenvalue weighted by Crippen LogP contribution is -2.08. The summed E-state index contributed by atoms with van der Waals surface area (Å²) in [5, 5.41) is 0. The molecule has 0 aliphatic heterocycles. The summed E-state index contributed by atoms with van der Waals surface area (Å²) in [6.07, 6.45) is 1.68. The first-order valence-corrected chi connectivity index (χ1v) is 3.87. The zero-order chi connectivity index (χ0) is 9.30. The second-order valence-corrected chi connectivity index (χ2v) is 3.05. The van der Waals surface area contributed by atoms with Crippen LogP contribution >= 0.6 is 0 Å². The van der Waals surface area contributed by atoms with Gasteiger partial charge in [-0.05, 0) is 13.8 Å². The van der Waals surface area contributed by atoms with Crippen LogP contribution in [0.2, 0.25) is 0 Å². The highest BCUT2D eigenvalue weighted by atomic mass is 16.1. The maximum Gasteiger partial charge on any atom is 0.195 e. The summed E-state index contributed by atoms with van der Waals surface area (Å²) in [7, 11) is 0. The first-order valence-electron chi connectivity index (χ1n) is 3.87. The number of hydrogen-bond acceptors (Lipinski definition) is 3. The van der Waals surface area contributed by atoms with Gasteiger partial charge in [0.15, 0.2) is 11.6 Å². The van der Waals surface area contributed by atoms with Gasteiger partial charge in [0.25, 0.3) is 0 Å². The normalized spacial score (nSPS) is 10.7. The fourth-order valence-electron chi connectivity index (χ4n) is 1.07. The number of nitrogens with two attached hydrogens (primary N) is 1. The summed E-state index contributed by atoms with van der Waals surface area (Å²) in [4.78, 5) is 15.0. The second kappa shape index (κ2) is 2.97. The van der Waals surface area contributed by atoms with E-state index in [0.717, 1.165) is 0 Å². The molecule has 1 rings (SSSR count). The van der Waals surface area contributed by atoms with E-state index in [4.69, 9.17) is 5.73 Å². The highest BCUT2D eigenvalue weighted by molar-refractivity contribution is 5.91. The lowest BCUT2D eigenvalue weighted by Gasteiger charge is -2.08. The molecule has 0 aliphatic rings. The van der Waals surface area contributed by atoms with Crippen molar-refractivity contribution in [3.63, 3.8) is 0 Å². The highest BCUT2D eigenvalue weighted by Gasteiger charge is 2.11. The number of aromatic nitrogens is 2. The standard InChI is InChI=1S/C8H13N3O/c1-5(2)11-4-7(9)10-8(11)6(3)12/h4-5H,9H2,1-3H3. The van der Waals surface area contributed by atoms with Gasteiger partial charge in [0.1, 0.15) is 5.82 Å². The van der Waals surface area contributed by atoms with E-state index in [-0.39, 0.29) is 11.8 Å². The first-order chi connectivity index (χ1) is 5.52. The smallest absolute Gasteiger partial charge is 0.195 e. The topological polar surface area (TPSA) is 60.9 Å². The van der Waals surface area contributed by atoms with Crippen LogP contribution in [0.15, 0.2) is 6.20 Å². The van der Waals surface area contributed by atoms with Crippen molar-refractivity contribution in [2.24, 2.45) is 0 Å². The summed E-state index contributed by atoms with van der Waals surface area (Å²) >= 11 is 0. The summed E-state index contributed by atoms with van der Waals surface area (Å²) < 4.78 is 1.78. The number of imidazole rings is 1. The Morgan fingerprint density at radius 2 is 2.25 bits per heavy atom. The Balaban J connectivity index is 3.17. The number of hydrogen-bond donors (Lipinski definition) is 1. The summed E-state index contributed by atoms with van der Waals surface area (Å²) in [5.41, 5.74) is 5.47. The van der Waals surface area contributed by atoms with E-state index in [9.17, 15) is 4.79 Å². The predicted octanol–water partition coefficient (Wildman–Crippen LogP) is 1.25. The Bertz CT molecular complexity index is 301. The van der Waals surface area contributed by atoms with Crippen molar-refractivity contribution in [1.82, 2.24) is 9.55 Å². The minimum Gasteiger partial charge on any atom is -0.382 e. The number of anilines is 1. The molecule has 4 nitrogen and oxygen atoms in total. The van der Waals surface area contributed by atoms with Crippen molar-refractivity contribution in [1.29, 1.82) is 0 Å². The van der Waals surface area contributed by atoms with Gasteiger partial charge in [-0.15, -0.1) is 0 Å².